The molecule has 30 heavy (non-hydrogen) atoms. The first-order valence-corrected chi connectivity index (χ1v) is 10.3. The lowest BCUT2D eigenvalue weighted by Crippen LogP contribution is -2.40. The first-order chi connectivity index (χ1) is 14.6. The normalized spacial score (nSPS) is 14.7. The summed E-state index contributed by atoms with van der Waals surface area (Å²) in [7, 11) is 1.62. The summed E-state index contributed by atoms with van der Waals surface area (Å²) >= 11 is 6.14. The van der Waals surface area contributed by atoms with Gasteiger partial charge >= 0.3 is 0 Å². The number of pyridine rings is 1. The number of amides is 1. The van der Waals surface area contributed by atoms with Crippen molar-refractivity contribution in [2.75, 3.05) is 25.1 Å². The van der Waals surface area contributed by atoms with Crippen molar-refractivity contribution >= 4 is 34.1 Å². The predicted octanol–water partition coefficient (Wildman–Crippen LogP) is 4.57. The Kier molecular flexibility index (Phi) is 6.04. The molecule has 1 aliphatic rings. The van der Waals surface area contributed by atoms with Gasteiger partial charge in [0, 0.05) is 37.1 Å². The van der Waals surface area contributed by atoms with E-state index in [1.54, 1.807) is 25.3 Å². The molecule has 1 fully saturated rings. The number of hydrogen-bond acceptors (Lipinski definition) is 4. The van der Waals surface area contributed by atoms with E-state index in [1.165, 1.54) is 6.20 Å². The number of rotatable bonds is 5. The summed E-state index contributed by atoms with van der Waals surface area (Å²) in [5.41, 5.74) is 1.81. The van der Waals surface area contributed by atoms with Crippen LogP contribution in [0.3, 0.4) is 0 Å². The van der Waals surface area contributed by atoms with Crippen LogP contribution in [0.2, 0.25) is 5.02 Å². The molecule has 0 spiro atoms. The molecule has 1 N–H and O–H groups in total. The van der Waals surface area contributed by atoms with Crippen LogP contribution < -0.4 is 15.0 Å². The van der Waals surface area contributed by atoms with Gasteiger partial charge in [0.1, 0.15) is 11.3 Å². The van der Waals surface area contributed by atoms with Crippen LogP contribution in [0.4, 0.5) is 10.1 Å². The van der Waals surface area contributed by atoms with Gasteiger partial charge in [-0.1, -0.05) is 23.7 Å². The molecule has 0 bridgehead atoms. The van der Waals surface area contributed by atoms with Crippen molar-refractivity contribution in [1.29, 1.82) is 0 Å². The fourth-order valence-electron chi connectivity index (χ4n) is 3.84. The molecule has 1 aliphatic heterocycles. The van der Waals surface area contributed by atoms with Gasteiger partial charge < -0.3 is 15.0 Å². The first-order valence-electron chi connectivity index (χ1n) is 9.95. The number of hydrogen-bond donors (Lipinski definition) is 1. The minimum atomic E-state index is -0.364. The van der Waals surface area contributed by atoms with Crippen LogP contribution in [-0.2, 0) is 11.3 Å². The molecule has 156 valence electrons. The molecular formula is C23H23ClFN3O2. The number of anilines is 1. The van der Waals surface area contributed by atoms with Crippen LogP contribution in [0.25, 0.3) is 10.9 Å². The number of carbonyl (C=O) groups is 1. The number of methoxy groups -OCH3 is 1. The zero-order valence-corrected chi connectivity index (χ0v) is 17.5. The second-order valence-electron chi connectivity index (χ2n) is 7.41. The molecule has 5 nitrogen and oxygen atoms in total. The average molecular weight is 428 g/mol. The van der Waals surface area contributed by atoms with Crippen LogP contribution in [0, 0.1) is 11.7 Å². The largest absolute Gasteiger partial charge is 0.497 e. The molecule has 4 rings (SSSR count). The first kappa shape index (κ1) is 20.4. The van der Waals surface area contributed by atoms with Crippen molar-refractivity contribution in [2.45, 2.75) is 19.4 Å². The van der Waals surface area contributed by atoms with E-state index in [1.807, 2.05) is 29.2 Å². The third-order valence-corrected chi connectivity index (χ3v) is 5.94. The maximum Gasteiger partial charge on any atom is 0.223 e. The number of fused-ring (bicyclic) bond motifs is 1. The summed E-state index contributed by atoms with van der Waals surface area (Å²) in [6, 6.07) is 12.8. The number of carbonyl (C=O) groups excluding carboxylic acids is 1. The topological polar surface area (TPSA) is 54.5 Å². The van der Waals surface area contributed by atoms with Crippen molar-refractivity contribution in [1.82, 2.24) is 10.3 Å². The Hall–Kier alpha value is -2.86. The van der Waals surface area contributed by atoms with Gasteiger partial charge in [-0.15, -0.1) is 0 Å². The van der Waals surface area contributed by atoms with Gasteiger partial charge in [-0.3, -0.25) is 9.78 Å². The summed E-state index contributed by atoms with van der Waals surface area (Å²) in [5, 5.41) is 4.09. The van der Waals surface area contributed by atoms with Gasteiger partial charge in [-0.05, 0) is 48.7 Å². The molecule has 2 heterocycles. The van der Waals surface area contributed by atoms with Crippen LogP contribution >= 0.6 is 11.6 Å². The molecule has 0 saturated carbocycles. The van der Waals surface area contributed by atoms with E-state index in [2.05, 4.69) is 10.3 Å². The van der Waals surface area contributed by atoms with Crippen molar-refractivity contribution in [2.24, 2.45) is 5.92 Å². The van der Waals surface area contributed by atoms with Gasteiger partial charge in [0.15, 0.2) is 5.82 Å². The number of nitrogens with one attached hydrogen (secondary N) is 1. The molecule has 0 aliphatic carbocycles. The highest BCUT2D eigenvalue weighted by atomic mass is 35.5. The van der Waals surface area contributed by atoms with E-state index in [0.29, 0.717) is 48.6 Å². The number of nitrogens with zero attached hydrogens (tertiary/aromatic N) is 2. The fraction of sp³-hybridized carbons (Fsp3) is 0.304. The Morgan fingerprint density at radius 2 is 1.93 bits per heavy atom. The van der Waals surface area contributed by atoms with Crippen LogP contribution in [0.15, 0.2) is 48.7 Å². The molecule has 1 aromatic heterocycles. The zero-order chi connectivity index (χ0) is 21.1. The lowest BCUT2D eigenvalue weighted by Gasteiger charge is -2.33. The van der Waals surface area contributed by atoms with Crippen LogP contribution in [-0.4, -0.2) is 31.1 Å². The maximum atomic E-state index is 15.0. The molecular weight excluding hydrogens is 405 g/mol. The molecule has 3 aromatic rings. The molecule has 1 saturated heterocycles. The third kappa shape index (κ3) is 4.19. The molecule has 2 aromatic carbocycles. The highest BCUT2D eigenvalue weighted by Crippen LogP contribution is 2.32. The monoisotopic (exact) mass is 427 g/mol. The van der Waals surface area contributed by atoms with Gasteiger partial charge in [-0.2, -0.15) is 0 Å². The van der Waals surface area contributed by atoms with Gasteiger partial charge in [0.25, 0.3) is 0 Å². The minimum absolute atomic E-state index is 0.0397. The molecule has 1 amide bonds. The lowest BCUT2D eigenvalue weighted by molar-refractivity contribution is -0.125. The lowest BCUT2D eigenvalue weighted by atomic mass is 9.95. The molecule has 0 radical (unpaired) electrons. The Balaban J connectivity index is 1.36. The number of halogens is 2. The van der Waals surface area contributed by atoms with Crippen molar-refractivity contribution < 1.29 is 13.9 Å². The average Bonchev–Trinajstić information content (AvgIpc) is 2.79. The van der Waals surface area contributed by atoms with E-state index in [0.717, 1.165) is 11.3 Å². The number of benzene rings is 2. The van der Waals surface area contributed by atoms with Crippen LogP contribution in [0.5, 0.6) is 5.75 Å². The highest BCUT2D eigenvalue weighted by molar-refractivity contribution is 6.35. The molecule has 0 unspecified atom stereocenters. The smallest absolute Gasteiger partial charge is 0.223 e. The van der Waals surface area contributed by atoms with E-state index < -0.39 is 0 Å². The summed E-state index contributed by atoms with van der Waals surface area (Å²) < 4.78 is 20.1. The van der Waals surface area contributed by atoms with E-state index in [9.17, 15) is 4.79 Å². The summed E-state index contributed by atoms with van der Waals surface area (Å²) in [6.45, 7) is 1.71. The highest BCUT2D eigenvalue weighted by Gasteiger charge is 2.26. The van der Waals surface area contributed by atoms with Gasteiger partial charge in [0.2, 0.25) is 5.91 Å². The number of ether oxygens (including phenoxy) is 1. The minimum Gasteiger partial charge on any atom is -0.497 e. The zero-order valence-electron chi connectivity index (χ0n) is 16.7. The maximum absolute atomic E-state index is 15.0. The Morgan fingerprint density at radius 1 is 1.20 bits per heavy atom. The number of aromatic nitrogens is 1. The standard InChI is InChI=1S/C23H23ClFN3O2/c1-30-17-4-2-15(3-5-17)14-27-23(29)16-9-12-28(13-10-16)20-7-6-18-19(24)8-11-26-22(18)21(20)25/h2-8,11,16H,9-10,12-14H2,1H3,(H,27,29). The Morgan fingerprint density at radius 3 is 2.63 bits per heavy atom. The van der Waals surface area contributed by atoms with Crippen molar-refractivity contribution in [3.05, 3.63) is 65.1 Å². The summed E-state index contributed by atoms with van der Waals surface area (Å²) in [6.07, 6.45) is 2.86. The SMILES string of the molecule is COc1ccc(CNC(=O)C2CCN(c3ccc4c(Cl)ccnc4c3F)CC2)cc1. The molecule has 7 heteroatoms. The van der Waals surface area contributed by atoms with Crippen molar-refractivity contribution in [3.63, 3.8) is 0 Å². The molecule has 0 atom stereocenters. The quantitative estimate of drug-likeness (QED) is 0.648. The van der Waals surface area contributed by atoms with E-state index in [4.69, 9.17) is 16.3 Å². The number of piperidine rings is 1. The van der Waals surface area contributed by atoms with Gasteiger partial charge in [0.05, 0.1) is 17.8 Å². The summed E-state index contributed by atoms with van der Waals surface area (Å²) in [5.74, 6) is 0.390. The Labute approximate surface area is 179 Å². The fourth-order valence-corrected chi connectivity index (χ4v) is 4.05. The van der Waals surface area contributed by atoms with Crippen molar-refractivity contribution in [3.8, 4) is 5.75 Å². The summed E-state index contributed by atoms with van der Waals surface area (Å²) in [4.78, 5) is 18.7. The second kappa shape index (κ2) is 8.88. The van der Waals surface area contributed by atoms with E-state index >= 15 is 4.39 Å². The Bertz CT molecular complexity index is 1050. The van der Waals surface area contributed by atoms with Crippen LogP contribution in [0.1, 0.15) is 18.4 Å². The van der Waals surface area contributed by atoms with E-state index in [-0.39, 0.29) is 23.2 Å². The third-order valence-electron chi connectivity index (χ3n) is 5.61. The predicted molar refractivity (Wildman–Crippen MR) is 116 cm³/mol. The van der Waals surface area contributed by atoms with Gasteiger partial charge in [-0.25, -0.2) is 4.39 Å². The second-order valence-corrected chi connectivity index (χ2v) is 7.82.